The van der Waals surface area contributed by atoms with Crippen molar-refractivity contribution >= 4 is 23.2 Å². The van der Waals surface area contributed by atoms with Gasteiger partial charge in [0, 0.05) is 6.04 Å². The number of hydrazine groups is 1. The van der Waals surface area contributed by atoms with E-state index >= 15 is 0 Å². The summed E-state index contributed by atoms with van der Waals surface area (Å²) in [6.07, 6.45) is 1.87. The summed E-state index contributed by atoms with van der Waals surface area (Å²) in [6.45, 7) is 4.32. The molecule has 1 rings (SSSR count). The highest BCUT2D eigenvalue weighted by molar-refractivity contribution is 6.42. The Morgan fingerprint density at radius 3 is 2.62 bits per heavy atom. The SMILES string of the molecule is CCC(C)C(Cc1cccc(Cl)c1Cl)NN. The molecule has 2 atom stereocenters. The van der Waals surface area contributed by atoms with Crippen LogP contribution < -0.4 is 11.3 Å². The van der Waals surface area contributed by atoms with Crippen LogP contribution in [0.4, 0.5) is 0 Å². The Morgan fingerprint density at radius 1 is 1.38 bits per heavy atom. The van der Waals surface area contributed by atoms with Crippen LogP contribution in [0.15, 0.2) is 18.2 Å². The van der Waals surface area contributed by atoms with Crippen LogP contribution in [0.5, 0.6) is 0 Å². The summed E-state index contributed by atoms with van der Waals surface area (Å²) in [6, 6.07) is 5.91. The summed E-state index contributed by atoms with van der Waals surface area (Å²) in [5.41, 5.74) is 3.89. The molecule has 2 unspecified atom stereocenters. The van der Waals surface area contributed by atoms with Gasteiger partial charge in [-0.25, -0.2) is 0 Å². The minimum atomic E-state index is 0.223. The molecule has 4 heteroatoms. The second-order valence-corrected chi connectivity index (χ2v) is 4.86. The van der Waals surface area contributed by atoms with Gasteiger partial charge in [0.1, 0.15) is 0 Å². The van der Waals surface area contributed by atoms with Crippen LogP contribution in [-0.4, -0.2) is 6.04 Å². The smallest absolute Gasteiger partial charge is 0.0624 e. The van der Waals surface area contributed by atoms with E-state index in [2.05, 4.69) is 19.3 Å². The number of halogens is 2. The highest BCUT2D eigenvalue weighted by Crippen LogP contribution is 2.27. The number of hydrogen-bond acceptors (Lipinski definition) is 2. The zero-order valence-corrected chi connectivity index (χ0v) is 11.1. The molecule has 2 nitrogen and oxygen atoms in total. The second kappa shape index (κ2) is 6.45. The molecular formula is C12H18Cl2N2. The molecule has 0 fully saturated rings. The van der Waals surface area contributed by atoms with Crippen LogP contribution in [0.1, 0.15) is 25.8 Å². The highest BCUT2D eigenvalue weighted by Gasteiger charge is 2.16. The predicted molar refractivity (Wildman–Crippen MR) is 70.7 cm³/mol. The van der Waals surface area contributed by atoms with Crippen molar-refractivity contribution in [3.63, 3.8) is 0 Å². The summed E-state index contributed by atoms with van der Waals surface area (Å²) < 4.78 is 0. The molecule has 0 heterocycles. The standard InChI is InChI=1S/C12H18Cl2N2/c1-3-8(2)11(16-15)7-9-5-4-6-10(13)12(9)14/h4-6,8,11,16H,3,7,15H2,1-2H3. The summed E-state index contributed by atoms with van der Waals surface area (Å²) in [4.78, 5) is 0. The van der Waals surface area contributed by atoms with Crippen LogP contribution in [0, 0.1) is 5.92 Å². The van der Waals surface area contributed by atoms with Crippen molar-refractivity contribution < 1.29 is 0 Å². The normalized spacial score (nSPS) is 14.8. The van der Waals surface area contributed by atoms with Gasteiger partial charge in [-0.1, -0.05) is 55.6 Å². The maximum Gasteiger partial charge on any atom is 0.0624 e. The highest BCUT2D eigenvalue weighted by atomic mass is 35.5. The summed E-state index contributed by atoms with van der Waals surface area (Å²) in [7, 11) is 0. The van der Waals surface area contributed by atoms with Crippen LogP contribution >= 0.6 is 23.2 Å². The minimum absolute atomic E-state index is 0.223. The molecule has 0 aliphatic rings. The Morgan fingerprint density at radius 2 is 2.06 bits per heavy atom. The molecule has 3 N–H and O–H groups in total. The third-order valence-corrected chi connectivity index (χ3v) is 3.87. The fourth-order valence-corrected chi connectivity index (χ4v) is 2.05. The van der Waals surface area contributed by atoms with Gasteiger partial charge in [-0.05, 0) is 24.0 Å². The van der Waals surface area contributed by atoms with Gasteiger partial charge in [-0.2, -0.15) is 0 Å². The fourth-order valence-electron chi connectivity index (χ4n) is 1.65. The average Bonchev–Trinajstić information content (AvgIpc) is 2.30. The lowest BCUT2D eigenvalue weighted by molar-refractivity contribution is 0.370. The molecule has 90 valence electrons. The topological polar surface area (TPSA) is 38.0 Å². The first-order valence-corrected chi connectivity index (χ1v) is 6.24. The number of benzene rings is 1. The Kier molecular flexibility index (Phi) is 5.56. The van der Waals surface area contributed by atoms with Crippen molar-refractivity contribution in [2.24, 2.45) is 11.8 Å². The van der Waals surface area contributed by atoms with E-state index in [-0.39, 0.29) is 6.04 Å². The first kappa shape index (κ1) is 13.8. The van der Waals surface area contributed by atoms with E-state index < -0.39 is 0 Å². The van der Waals surface area contributed by atoms with E-state index in [0.717, 1.165) is 18.4 Å². The molecule has 0 aromatic heterocycles. The molecular weight excluding hydrogens is 243 g/mol. The van der Waals surface area contributed by atoms with Gasteiger partial charge >= 0.3 is 0 Å². The molecule has 0 amide bonds. The number of nitrogens with one attached hydrogen (secondary N) is 1. The maximum atomic E-state index is 6.14. The van der Waals surface area contributed by atoms with Gasteiger partial charge in [-0.15, -0.1) is 0 Å². The Bertz CT molecular complexity index is 342. The van der Waals surface area contributed by atoms with E-state index in [1.165, 1.54) is 0 Å². The molecule has 1 aromatic carbocycles. The molecule has 0 bridgehead atoms. The van der Waals surface area contributed by atoms with Gasteiger partial charge in [0.2, 0.25) is 0 Å². The van der Waals surface area contributed by atoms with Crippen molar-refractivity contribution in [3.8, 4) is 0 Å². The van der Waals surface area contributed by atoms with Gasteiger partial charge in [-0.3, -0.25) is 11.3 Å². The first-order valence-electron chi connectivity index (χ1n) is 5.49. The first-order chi connectivity index (χ1) is 7.60. The summed E-state index contributed by atoms with van der Waals surface area (Å²) >= 11 is 12.1. The van der Waals surface area contributed by atoms with Crippen molar-refractivity contribution in [2.45, 2.75) is 32.7 Å². The summed E-state index contributed by atoms with van der Waals surface area (Å²) in [5.74, 6) is 6.06. The predicted octanol–water partition coefficient (Wildman–Crippen LogP) is 3.41. The van der Waals surface area contributed by atoms with Crippen LogP contribution in [-0.2, 0) is 6.42 Å². The molecule has 0 aliphatic heterocycles. The molecule has 0 saturated carbocycles. The largest absolute Gasteiger partial charge is 0.271 e. The quantitative estimate of drug-likeness (QED) is 0.629. The lowest BCUT2D eigenvalue weighted by atomic mass is 9.93. The second-order valence-electron chi connectivity index (χ2n) is 4.08. The van der Waals surface area contributed by atoms with E-state index in [4.69, 9.17) is 29.0 Å². The molecule has 16 heavy (non-hydrogen) atoms. The van der Waals surface area contributed by atoms with Crippen LogP contribution in [0.2, 0.25) is 10.0 Å². The molecule has 0 aliphatic carbocycles. The third-order valence-electron chi connectivity index (χ3n) is 3.02. The molecule has 0 spiro atoms. The van der Waals surface area contributed by atoms with Crippen molar-refractivity contribution in [3.05, 3.63) is 33.8 Å². The van der Waals surface area contributed by atoms with Gasteiger partial charge in [0.25, 0.3) is 0 Å². The number of hydrogen-bond donors (Lipinski definition) is 2. The van der Waals surface area contributed by atoms with Crippen molar-refractivity contribution in [1.29, 1.82) is 0 Å². The monoisotopic (exact) mass is 260 g/mol. The van der Waals surface area contributed by atoms with E-state index in [1.807, 2.05) is 12.1 Å². The lowest BCUT2D eigenvalue weighted by Gasteiger charge is -2.22. The molecule has 0 radical (unpaired) electrons. The Labute approximate surface area is 107 Å². The molecule has 1 aromatic rings. The zero-order valence-electron chi connectivity index (χ0n) is 9.63. The number of nitrogens with two attached hydrogens (primary N) is 1. The van der Waals surface area contributed by atoms with Crippen molar-refractivity contribution in [1.82, 2.24) is 5.43 Å². The minimum Gasteiger partial charge on any atom is -0.271 e. The van der Waals surface area contributed by atoms with Crippen molar-refractivity contribution in [2.75, 3.05) is 0 Å². The van der Waals surface area contributed by atoms with Crippen LogP contribution in [0.25, 0.3) is 0 Å². The maximum absolute atomic E-state index is 6.14. The molecule has 0 saturated heterocycles. The Hall–Kier alpha value is -0.280. The lowest BCUT2D eigenvalue weighted by Crippen LogP contribution is -2.41. The zero-order chi connectivity index (χ0) is 12.1. The Balaban J connectivity index is 2.82. The average molecular weight is 261 g/mol. The van der Waals surface area contributed by atoms with E-state index in [1.54, 1.807) is 6.07 Å². The summed E-state index contributed by atoms with van der Waals surface area (Å²) in [5, 5.41) is 1.23. The van der Waals surface area contributed by atoms with Gasteiger partial charge in [0.05, 0.1) is 10.0 Å². The van der Waals surface area contributed by atoms with E-state index in [9.17, 15) is 0 Å². The third kappa shape index (κ3) is 3.36. The van der Waals surface area contributed by atoms with E-state index in [0.29, 0.717) is 16.0 Å². The number of rotatable bonds is 5. The van der Waals surface area contributed by atoms with Crippen LogP contribution in [0.3, 0.4) is 0 Å². The van der Waals surface area contributed by atoms with Gasteiger partial charge in [0.15, 0.2) is 0 Å². The van der Waals surface area contributed by atoms with Gasteiger partial charge < -0.3 is 0 Å². The fraction of sp³-hybridized carbons (Fsp3) is 0.500.